The number of hydrogen-bond donors (Lipinski definition) is 1. The summed E-state index contributed by atoms with van der Waals surface area (Å²) in [5, 5.41) is 13.2. The van der Waals surface area contributed by atoms with Crippen molar-refractivity contribution >= 4 is 17.3 Å². The second-order valence-electron chi connectivity index (χ2n) is 4.28. The number of nitro benzene ring substituents is 1. The van der Waals surface area contributed by atoms with Gasteiger partial charge >= 0.3 is 0 Å². The Morgan fingerprint density at radius 1 is 1.33 bits per heavy atom. The van der Waals surface area contributed by atoms with Crippen LogP contribution in [0.4, 0.5) is 11.4 Å². The van der Waals surface area contributed by atoms with Crippen LogP contribution in [0.5, 0.6) is 5.75 Å². The lowest BCUT2D eigenvalue weighted by Gasteiger charge is -2.08. The predicted octanol–water partition coefficient (Wildman–Crippen LogP) is 2.32. The Bertz CT molecular complexity index is 656. The van der Waals surface area contributed by atoms with Crippen LogP contribution in [0.25, 0.3) is 0 Å². The fourth-order valence-corrected chi connectivity index (χ4v) is 1.59. The van der Waals surface area contributed by atoms with Crippen LogP contribution in [0.2, 0.25) is 0 Å². The first-order valence-corrected chi connectivity index (χ1v) is 6.14. The number of carbonyl (C=O) groups is 1. The van der Waals surface area contributed by atoms with Gasteiger partial charge in [0.1, 0.15) is 5.75 Å². The van der Waals surface area contributed by atoms with E-state index in [1.54, 1.807) is 18.5 Å². The van der Waals surface area contributed by atoms with E-state index < -0.39 is 4.92 Å². The summed E-state index contributed by atoms with van der Waals surface area (Å²) in [6, 6.07) is 7.31. The summed E-state index contributed by atoms with van der Waals surface area (Å²) in [5.41, 5.74) is 1.49. The van der Waals surface area contributed by atoms with Gasteiger partial charge in [0.2, 0.25) is 0 Å². The molecule has 0 aliphatic rings. The first-order valence-electron chi connectivity index (χ1n) is 6.14. The van der Waals surface area contributed by atoms with Crippen molar-refractivity contribution in [3.8, 4) is 5.75 Å². The van der Waals surface area contributed by atoms with Gasteiger partial charge in [-0.15, -0.1) is 0 Å². The molecule has 0 unspecified atom stereocenters. The van der Waals surface area contributed by atoms with Gasteiger partial charge in [-0.2, -0.15) is 0 Å². The van der Waals surface area contributed by atoms with Gasteiger partial charge in [0.15, 0.2) is 6.61 Å². The summed E-state index contributed by atoms with van der Waals surface area (Å²) in [7, 11) is 0. The Morgan fingerprint density at radius 3 is 2.67 bits per heavy atom. The Hall–Kier alpha value is -2.96. The van der Waals surface area contributed by atoms with Crippen molar-refractivity contribution in [2.75, 3.05) is 11.9 Å². The Labute approximate surface area is 120 Å². The van der Waals surface area contributed by atoms with Gasteiger partial charge in [-0.3, -0.25) is 19.9 Å². The first kappa shape index (κ1) is 14.4. The minimum Gasteiger partial charge on any atom is -0.484 e. The standard InChI is InChI=1S/C14H13N3O4/c1-10-6-7-15-8-13(10)16-14(18)9-21-12-4-2-11(3-5-12)17(19)20/h2-8H,9H2,1H3,(H,16,18). The van der Waals surface area contributed by atoms with Gasteiger partial charge in [0, 0.05) is 18.3 Å². The lowest BCUT2D eigenvalue weighted by molar-refractivity contribution is -0.384. The van der Waals surface area contributed by atoms with E-state index in [2.05, 4.69) is 10.3 Å². The molecule has 1 aromatic carbocycles. The molecule has 0 saturated heterocycles. The van der Waals surface area contributed by atoms with E-state index in [-0.39, 0.29) is 18.2 Å². The average Bonchev–Trinajstić information content (AvgIpc) is 2.48. The second-order valence-corrected chi connectivity index (χ2v) is 4.28. The summed E-state index contributed by atoms with van der Waals surface area (Å²) in [6.45, 7) is 1.67. The number of pyridine rings is 1. The predicted molar refractivity (Wildman–Crippen MR) is 76.2 cm³/mol. The van der Waals surface area contributed by atoms with Crippen molar-refractivity contribution in [3.63, 3.8) is 0 Å². The van der Waals surface area contributed by atoms with Gasteiger partial charge in [-0.05, 0) is 30.7 Å². The Kier molecular flexibility index (Phi) is 4.45. The van der Waals surface area contributed by atoms with Crippen LogP contribution >= 0.6 is 0 Å². The van der Waals surface area contributed by atoms with Crippen LogP contribution in [0.1, 0.15) is 5.56 Å². The number of aryl methyl sites for hydroxylation is 1. The molecule has 108 valence electrons. The number of amides is 1. The van der Waals surface area contributed by atoms with E-state index in [4.69, 9.17) is 4.74 Å². The third-order valence-electron chi connectivity index (χ3n) is 2.73. The van der Waals surface area contributed by atoms with Crippen molar-refractivity contribution in [3.05, 3.63) is 58.4 Å². The average molecular weight is 287 g/mol. The molecule has 1 aromatic heterocycles. The minimum atomic E-state index is -0.498. The Balaban J connectivity index is 1.89. The van der Waals surface area contributed by atoms with Crippen molar-refractivity contribution < 1.29 is 14.5 Å². The zero-order chi connectivity index (χ0) is 15.2. The smallest absolute Gasteiger partial charge is 0.269 e. The molecule has 21 heavy (non-hydrogen) atoms. The van der Waals surface area contributed by atoms with Gasteiger partial charge in [0.05, 0.1) is 16.8 Å². The highest BCUT2D eigenvalue weighted by molar-refractivity contribution is 5.92. The third-order valence-corrected chi connectivity index (χ3v) is 2.73. The van der Waals surface area contributed by atoms with Gasteiger partial charge < -0.3 is 10.1 Å². The van der Waals surface area contributed by atoms with Crippen LogP contribution < -0.4 is 10.1 Å². The number of benzene rings is 1. The van der Waals surface area contributed by atoms with Crippen molar-refractivity contribution in [1.29, 1.82) is 0 Å². The molecule has 1 heterocycles. The quantitative estimate of drug-likeness (QED) is 0.672. The molecule has 0 aliphatic heterocycles. The van der Waals surface area contributed by atoms with Gasteiger partial charge in [0.25, 0.3) is 11.6 Å². The second kappa shape index (κ2) is 6.47. The van der Waals surface area contributed by atoms with E-state index >= 15 is 0 Å². The number of non-ortho nitro benzene ring substituents is 1. The molecule has 0 spiro atoms. The fraction of sp³-hybridized carbons (Fsp3) is 0.143. The number of nitro groups is 1. The number of ether oxygens (including phenoxy) is 1. The molecule has 1 N–H and O–H groups in total. The van der Waals surface area contributed by atoms with Gasteiger partial charge in [-0.1, -0.05) is 0 Å². The largest absolute Gasteiger partial charge is 0.484 e. The summed E-state index contributed by atoms with van der Waals surface area (Å²) < 4.78 is 5.26. The van der Waals surface area contributed by atoms with Gasteiger partial charge in [-0.25, -0.2) is 0 Å². The van der Waals surface area contributed by atoms with Crippen LogP contribution in [0.3, 0.4) is 0 Å². The normalized spacial score (nSPS) is 9.95. The molecule has 0 atom stereocenters. The third kappa shape index (κ3) is 4.00. The fourth-order valence-electron chi connectivity index (χ4n) is 1.59. The molecule has 0 bridgehead atoms. The molecule has 7 heteroatoms. The molecular weight excluding hydrogens is 274 g/mol. The van der Waals surface area contributed by atoms with Crippen molar-refractivity contribution in [2.24, 2.45) is 0 Å². The molecule has 0 saturated carbocycles. The molecule has 7 nitrogen and oxygen atoms in total. The Morgan fingerprint density at radius 2 is 2.05 bits per heavy atom. The summed E-state index contributed by atoms with van der Waals surface area (Å²) >= 11 is 0. The zero-order valence-corrected chi connectivity index (χ0v) is 11.3. The summed E-state index contributed by atoms with van der Waals surface area (Å²) in [4.78, 5) is 25.7. The van der Waals surface area contributed by atoms with Crippen molar-refractivity contribution in [2.45, 2.75) is 6.92 Å². The number of hydrogen-bond acceptors (Lipinski definition) is 5. The molecular formula is C14H13N3O4. The highest BCUT2D eigenvalue weighted by Gasteiger charge is 2.07. The highest BCUT2D eigenvalue weighted by atomic mass is 16.6. The highest BCUT2D eigenvalue weighted by Crippen LogP contribution is 2.17. The van der Waals surface area contributed by atoms with E-state index in [1.807, 2.05) is 6.92 Å². The number of aromatic nitrogens is 1. The number of anilines is 1. The molecule has 0 aliphatic carbocycles. The molecule has 2 aromatic rings. The van der Waals surface area contributed by atoms with Crippen LogP contribution in [-0.2, 0) is 4.79 Å². The maximum absolute atomic E-state index is 11.7. The molecule has 0 radical (unpaired) electrons. The number of nitrogens with zero attached hydrogens (tertiary/aromatic N) is 2. The van der Waals surface area contributed by atoms with Crippen molar-refractivity contribution in [1.82, 2.24) is 4.98 Å². The zero-order valence-electron chi connectivity index (χ0n) is 11.3. The number of rotatable bonds is 5. The maximum Gasteiger partial charge on any atom is 0.269 e. The minimum absolute atomic E-state index is 0.0298. The number of nitrogens with one attached hydrogen (secondary N) is 1. The lowest BCUT2D eigenvalue weighted by Crippen LogP contribution is -2.20. The summed E-state index contributed by atoms with van der Waals surface area (Å²) in [6.07, 6.45) is 3.19. The molecule has 1 amide bonds. The molecule has 0 fully saturated rings. The van der Waals surface area contributed by atoms with E-state index in [0.29, 0.717) is 11.4 Å². The first-order chi connectivity index (χ1) is 10.1. The van der Waals surface area contributed by atoms with Crippen LogP contribution in [-0.4, -0.2) is 22.4 Å². The van der Waals surface area contributed by atoms with Crippen LogP contribution in [0.15, 0.2) is 42.7 Å². The van der Waals surface area contributed by atoms with E-state index in [0.717, 1.165) is 5.56 Å². The SMILES string of the molecule is Cc1ccncc1NC(=O)COc1ccc([N+](=O)[O-])cc1. The monoisotopic (exact) mass is 287 g/mol. The topological polar surface area (TPSA) is 94.4 Å². The van der Waals surface area contributed by atoms with Crippen LogP contribution in [0, 0.1) is 17.0 Å². The molecule has 2 rings (SSSR count). The lowest BCUT2D eigenvalue weighted by atomic mass is 10.2. The summed E-state index contributed by atoms with van der Waals surface area (Å²) in [5.74, 6) is 0.0584. The van der Waals surface area contributed by atoms with E-state index in [1.165, 1.54) is 24.3 Å². The van der Waals surface area contributed by atoms with E-state index in [9.17, 15) is 14.9 Å². The maximum atomic E-state index is 11.7. The number of carbonyl (C=O) groups excluding carboxylic acids is 1.